The van der Waals surface area contributed by atoms with Gasteiger partial charge >= 0.3 is 12.1 Å². The molecule has 1 aromatic heterocycles. The third kappa shape index (κ3) is 4.86. The van der Waals surface area contributed by atoms with E-state index in [4.69, 9.17) is 18.9 Å². The van der Waals surface area contributed by atoms with Crippen molar-refractivity contribution < 1.29 is 41.3 Å². The van der Waals surface area contributed by atoms with E-state index in [-0.39, 0.29) is 43.5 Å². The fourth-order valence-electron chi connectivity index (χ4n) is 4.56. The molecule has 2 aromatic rings. The number of esters is 1. The number of piperazine rings is 1. The summed E-state index contributed by atoms with van der Waals surface area (Å²) in [6.45, 7) is 0.0880. The third-order valence-electron chi connectivity index (χ3n) is 6.17. The van der Waals surface area contributed by atoms with Crippen molar-refractivity contribution in [1.82, 2.24) is 14.2 Å². The predicted octanol–water partition coefficient (Wildman–Crippen LogP) is 2.18. The van der Waals surface area contributed by atoms with E-state index in [0.717, 1.165) is 10.5 Å². The van der Waals surface area contributed by atoms with Crippen molar-refractivity contribution in [2.24, 2.45) is 0 Å². The molecule has 2 bridgehead atoms. The molecule has 0 spiro atoms. The lowest BCUT2D eigenvalue weighted by atomic mass is 9.97. The number of likely N-dealkylation sites (tertiary alicyclic amines) is 1. The Hall–Kier alpha value is -3.29. The number of sulfonamides is 1. The van der Waals surface area contributed by atoms with Crippen LogP contribution in [-0.2, 0) is 29.0 Å². The summed E-state index contributed by atoms with van der Waals surface area (Å²) in [6, 6.07) is 7.31. The lowest BCUT2D eigenvalue weighted by Crippen LogP contribution is -2.67. The SMILES string of the molecule is COCCOC(=O)N1CC2CCC(C(=O)OC)(C1)N2S(=O)(=O)c1ccc(Oc2ccc(F)cc2)nc1. The zero-order valence-electron chi connectivity index (χ0n) is 19.8. The van der Waals surface area contributed by atoms with Gasteiger partial charge < -0.3 is 23.8 Å². The van der Waals surface area contributed by atoms with Crippen molar-refractivity contribution in [3.8, 4) is 11.6 Å². The van der Waals surface area contributed by atoms with E-state index in [1.54, 1.807) is 0 Å². The number of nitrogens with zero attached hydrogens (tertiary/aromatic N) is 3. The van der Waals surface area contributed by atoms with Crippen LogP contribution in [-0.4, -0.2) is 86.8 Å². The van der Waals surface area contributed by atoms with Crippen molar-refractivity contribution in [1.29, 1.82) is 0 Å². The van der Waals surface area contributed by atoms with Crippen LogP contribution in [0.5, 0.6) is 11.6 Å². The fourth-order valence-corrected chi connectivity index (χ4v) is 6.46. The number of fused-ring (bicyclic) bond motifs is 2. The van der Waals surface area contributed by atoms with E-state index in [1.807, 2.05) is 0 Å². The van der Waals surface area contributed by atoms with Gasteiger partial charge in [-0.25, -0.2) is 27.4 Å². The summed E-state index contributed by atoms with van der Waals surface area (Å²) in [6.07, 6.45) is 1.01. The molecule has 2 unspecified atom stereocenters. The Morgan fingerprint density at radius 2 is 1.89 bits per heavy atom. The number of hydrogen-bond acceptors (Lipinski definition) is 9. The molecule has 0 radical (unpaired) electrons. The molecule has 0 aliphatic carbocycles. The van der Waals surface area contributed by atoms with Crippen molar-refractivity contribution in [3.63, 3.8) is 0 Å². The average Bonchev–Trinajstić information content (AvgIpc) is 3.13. The van der Waals surface area contributed by atoms with Crippen molar-refractivity contribution >= 4 is 22.1 Å². The van der Waals surface area contributed by atoms with E-state index < -0.39 is 39.5 Å². The summed E-state index contributed by atoms with van der Waals surface area (Å²) in [7, 11) is -1.56. The normalized spacial score (nSPS) is 21.8. The van der Waals surface area contributed by atoms with Gasteiger partial charge in [-0.2, -0.15) is 4.31 Å². The Labute approximate surface area is 207 Å². The molecule has 1 amide bonds. The van der Waals surface area contributed by atoms with Gasteiger partial charge in [-0.05, 0) is 43.2 Å². The lowest BCUT2D eigenvalue weighted by Gasteiger charge is -2.45. The first kappa shape index (κ1) is 25.8. The number of rotatable bonds is 8. The summed E-state index contributed by atoms with van der Waals surface area (Å²) in [5.74, 6) is -0.744. The Kier molecular flexibility index (Phi) is 7.43. The highest BCUT2D eigenvalue weighted by atomic mass is 32.2. The van der Waals surface area contributed by atoms with Crippen molar-refractivity contribution in [2.75, 3.05) is 40.5 Å². The minimum atomic E-state index is -4.21. The van der Waals surface area contributed by atoms with Crippen LogP contribution in [0.2, 0.25) is 0 Å². The van der Waals surface area contributed by atoms with Gasteiger partial charge in [0.15, 0.2) is 5.54 Å². The minimum absolute atomic E-state index is 0.0295. The summed E-state index contributed by atoms with van der Waals surface area (Å²) < 4.78 is 62.2. The molecule has 2 aliphatic heterocycles. The van der Waals surface area contributed by atoms with Crippen molar-refractivity contribution in [2.45, 2.75) is 29.3 Å². The van der Waals surface area contributed by atoms with Gasteiger partial charge in [0.05, 0.1) is 26.5 Å². The topological polar surface area (TPSA) is 125 Å². The first-order chi connectivity index (χ1) is 17.2. The Morgan fingerprint density at radius 1 is 1.14 bits per heavy atom. The maximum Gasteiger partial charge on any atom is 0.409 e. The quantitative estimate of drug-likeness (QED) is 0.378. The molecule has 3 heterocycles. The maximum atomic E-state index is 13.7. The van der Waals surface area contributed by atoms with Gasteiger partial charge in [-0.3, -0.25) is 0 Å². The summed E-state index contributed by atoms with van der Waals surface area (Å²) in [5, 5.41) is 0. The summed E-state index contributed by atoms with van der Waals surface area (Å²) in [4.78, 5) is 30.8. The number of aromatic nitrogens is 1. The molecule has 1 aromatic carbocycles. The van der Waals surface area contributed by atoms with Crippen LogP contribution in [0, 0.1) is 5.82 Å². The molecule has 194 valence electrons. The first-order valence-electron chi connectivity index (χ1n) is 11.1. The molecule has 2 aliphatic rings. The molecule has 11 nitrogen and oxygen atoms in total. The Morgan fingerprint density at radius 3 is 2.53 bits per heavy atom. The molecule has 0 N–H and O–H groups in total. The number of carbonyl (C=O) groups excluding carboxylic acids is 2. The molecule has 4 rings (SSSR count). The van der Waals surface area contributed by atoms with Crippen LogP contribution in [0.3, 0.4) is 0 Å². The van der Waals surface area contributed by atoms with Crippen LogP contribution in [0.1, 0.15) is 12.8 Å². The van der Waals surface area contributed by atoms with Gasteiger partial charge in [0.25, 0.3) is 0 Å². The smallest absolute Gasteiger partial charge is 0.409 e. The standard InChI is InChI=1S/C23H26FN3O8S/c1-32-11-12-34-22(29)26-14-17-9-10-23(15-26,21(28)33-2)27(17)36(30,31)19-7-8-20(25-13-19)35-18-5-3-16(24)4-6-18/h3-8,13,17H,9-12,14-15H2,1-2H3. The average molecular weight is 524 g/mol. The van der Waals surface area contributed by atoms with Crippen molar-refractivity contribution in [3.05, 3.63) is 48.4 Å². The van der Waals surface area contributed by atoms with Gasteiger partial charge in [0.1, 0.15) is 23.1 Å². The predicted molar refractivity (Wildman–Crippen MR) is 122 cm³/mol. The lowest BCUT2D eigenvalue weighted by molar-refractivity contribution is -0.154. The van der Waals surface area contributed by atoms with Crippen LogP contribution in [0.25, 0.3) is 0 Å². The summed E-state index contributed by atoms with van der Waals surface area (Å²) in [5.41, 5.74) is -1.60. The molecule has 2 fully saturated rings. The zero-order valence-corrected chi connectivity index (χ0v) is 20.6. The number of benzene rings is 1. The van der Waals surface area contributed by atoms with Gasteiger partial charge in [-0.15, -0.1) is 0 Å². The highest BCUT2D eigenvalue weighted by Gasteiger charge is 2.62. The molecule has 0 saturated carbocycles. The second-order valence-corrected chi connectivity index (χ2v) is 10.2. The minimum Gasteiger partial charge on any atom is -0.468 e. The highest BCUT2D eigenvalue weighted by Crippen LogP contribution is 2.44. The molecule has 2 atom stereocenters. The number of hydrogen-bond donors (Lipinski definition) is 0. The van der Waals surface area contributed by atoms with E-state index >= 15 is 0 Å². The molecular weight excluding hydrogens is 497 g/mol. The van der Waals surface area contributed by atoms with Gasteiger partial charge in [0.2, 0.25) is 15.9 Å². The second kappa shape index (κ2) is 10.4. The monoisotopic (exact) mass is 523 g/mol. The van der Waals surface area contributed by atoms with Gasteiger partial charge in [0, 0.05) is 25.8 Å². The van der Waals surface area contributed by atoms with E-state index in [1.165, 1.54) is 55.5 Å². The van der Waals surface area contributed by atoms with Crippen LogP contribution in [0.15, 0.2) is 47.5 Å². The number of pyridine rings is 1. The third-order valence-corrected chi connectivity index (χ3v) is 8.17. The van der Waals surface area contributed by atoms with Crippen LogP contribution < -0.4 is 4.74 Å². The van der Waals surface area contributed by atoms with Gasteiger partial charge in [-0.1, -0.05) is 0 Å². The molecular formula is C23H26FN3O8S. The Balaban J connectivity index is 1.58. The molecule has 13 heteroatoms. The Bertz CT molecular complexity index is 1210. The zero-order chi connectivity index (χ0) is 25.9. The number of ether oxygens (including phenoxy) is 4. The highest BCUT2D eigenvalue weighted by molar-refractivity contribution is 7.89. The number of halogens is 1. The second-order valence-electron chi connectivity index (χ2n) is 8.39. The van der Waals surface area contributed by atoms with E-state index in [0.29, 0.717) is 12.2 Å². The largest absolute Gasteiger partial charge is 0.468 e. The van der Waals surface area contributed by atoms with E-state index in [2.05, 4.69) is 4.98 Å². The van der Waals surface area contributed by atoms with Crippen LogP contribution in [0.4, 0.5) is 9.18 Å². The summed E-state index contributed by atoms with van der Waals surface area (Å²) >= 11 is 0. The number of methoxy groups -OCH3 is 2. The fraction of sp³-hybridized carbons (Fsp3) is 0.435. The van der Waals surface area contributed by atoms with Crippen LogP contribution >= 0.6 is 0 Å². The molecule has 2 saturated heterocycles. The number of amides is 1. The first-order valence-corrected chi connectivity index (χ1v) is 12.6. The number of carbonyl (C=O) groups is 2. The molecule has 36 heavy (non-hydrogen) atoms. The maximum absolute atomic E-state index is 13.7. The van der Waals surface area contributed by atoms with E-state index in [9.17, 15) is 22.4 Å².